The molecular formula is C11H13FO. The van der Waals surface area contributed by atoms with Crippen molar-refractivity contribution in [2.24, 2.45) is 0 Å². The molecule has 0 saturated heterocycles. The third-order valence-corrected chi connectivity index (χ3v) is 2.26. The van der Waals surface area contributed by atoms with E-state index in [1.807, 2.05) is 6.92 Å². The summed E-state index contributed by atoms with van der Waals surface area (Å²) >= 11 is 0. The van der Waals surface area contributed by atoms with E-state index in [-0.39, 0.29) is 12.4 Å². The summed E-state index contributed by atoms with van der Waals surface area (Å²) in [6.07, 6.45) is 1.63. The van der Waals surface area contributed by atoms with E-state index in [4.69, 9.17) is 5.11 Å². The summed E-state index contributed by atoms with van der Waals surface area (Å²) in [5.74, 6) is -0.293. The summed E-state index contributed by atoms with van der Waals surface area (Å²) in [5.41, 5.74) is 0.187. The first-order chi connectivity index (χ1) is 6.12. The molecule has 0 radical (unpaired) electrons. The largest absolute Gasteiger partial charge is 0.395 e. The van der Waals surface area contributed by atoms with Gasteiger partial charge in [-0.2, -0.15) is 0 Å². The number of hydrogen-bond acceptors (Lipinski definition) is 1. The zero-order valence-electron chi connectivity index (χ0n) is 7.63. The van der Waals surface area contributed by atoms with Gasteiger partial charge in [0.05, 0.1) is 6.61 Å². The van der Waals surface area contributed by atoms with Crippen molar-refractivity contribution in [3.63, 3.8) is 0 Å². The highest BCUT2D eigenvalue weighted by Gasteiger charge is 2.21. The van der Waals surface area contributed by atoms with Crippen LogP contribution in [0.3, 0.4) is 0 Å². The quantitative estimate of drug-likeness (QED) is 0.707. The van der Waals surface area contributed by atoms with Gasteiger partial charge in [0.15, 0.2) is 0 Å². The van der Waals surface area contributed by atoms with Gasteiger partial charge in [-0.3, -0.25) is 0 Å². The van der Waals surface area contributed by atoms with Crippen LogP contribution in [0.4, 0.5) is 4.39 Å². The molecule has 0 saturated carbocycles. The molecule has 0 aliphatic carbocycles. The lowest BCUT2D eigenvalue weighted by atomic mass is 9.83. The smallest absolute Gasteiger partial charge is 0.123 e. The monoisotopic (exact) mass is 180 g/mol. The van der Waals surface area contributed by atoms with Crippen molar-refractivity contribution >= 4 is 0 Å². The average Bonchev–Trinajstić information content (AvgIpc) is 2.17. The second-order valence-electron chi connectivity index (χ2n) is 3.29. The molecule has 70 valence electrons. The minimum absolute atomic E-state index is 0.0695. The number of benzene rings is 1. The third-order valence-electron chi connectivity index (χ3n) is 2.26. The van der Waals surface area contributed by atoms with Gasteiger partial charge in [-0.1, -0.05) is 18.2 Å². The van der Waals surface area contributed by atoms with Gasteiger partial charge in [-0.25, -0.2) is 4.39 Å². The maximum absolute atomic E-state index is 12.9. The third kappa shape index (κ3) is 1.95. The van der Waals surface area contributed by atoms with Crippen molar-refractivity contribution in [2.75, 3.05) is 6.61 Å². The van der Waals surface area contributed by atoms with E-state index in [1.165, 1.54) is 12.1 Å². The van der Waals surface area contributed by atoms with Crippen molar-refractivity contribution in [3.05, 3.63) is 48.3 Å². The second-order valence-corrected chi connectivity index (χ2v) is 3.29. The van der Waals surface area contributed by atoms with Crippen LogP contribution in [0.1, 0.15) is 12.5 Å². The average molecular weight is 180 g/mol. The predicted molar refractivity (Wildman–Crippen MR) is 51.0 cm³/mol. The molecule has 0 heterocycles. The Morgan fingerprint density at radius 1 is 1.62 bits per heavy atom. The SMILES string of the molecule is C=C[C@](C)(CO)c1cccc(F)c1. The van der Waals surface area contributed by atoms with Gasteiger partial charge >= 0.3 is 0 Å². The molecule has 1 aromatic carbocycles. The molecule has 0 bridgehead atoms. The molecular weight excluding hydrogens is 167 g/mol. The van der Waals surface area contributed by atoms with Crippen molar-refractivity contribution in [3.8, 4) is 0 Å². The molecule has 0 aliphatic heterocycles. The lowest BCUT2D eigenvalue weighted by molar-refractivity contribution is 0.236. The van der Waals surface area contributed by atoms with E-state index in [1.54, 1.807) is 18.2 Å². The van der Waals surface area contributed by atoms with Crippen LogP contribution < -0.4 is 0 Å². The molecule has 1 N–H and O–H groups in total. The fourth-order valence-corrected chi connectivity index (χ4v) is 1.12. The standard InChI is InChI=1S/C11H13FO/c1-3-11(2,8-13)9-5-4-6-10(12)7-9/h3-7,13H,1,8H2,2H3/t11-/m1/s1. The Balaban J connectivity index is 3.12. The van der Waals surface area contributed by atoms with Gasteiger partial charge in [0, 0.05) is 5.41 Å². The molecule has 1 rings (SSSR count). The predicted octanol–water partition coefficient (Wildman–Crippen LogP) is 2.26. The summed E-state index contributed by atoms with van der Waals surface area (Å²) in [7, 11) is 0. The summed E-state index contributed by atoms with van der Waals surface area (Å²) < 4.78 is 12.9. The molecule has 0 fully saturated rings. The topological polar surface area (TPSA) is 20.2 Å². The normalized spacial score (nSPS) is 15.0. The summed E-state index contributed by atoms with van der Waals surface area (Å²) in [5, 5.41) is 9.14. The molecule has 0 amide bonds. The summed E-state index contributed by atoms with van der Waals surface area (Å²) in [6, 6.07) is 6.20. The van der Waals surface area contributed by atoms with E-state index >= 15 is 0 Å². The highest BCUT2D eigenvalue weighted by Crippen LogP contribution is 2.24. The van der Waals surface area contributed by atoms with Gasteiger partial charge in [-0.15, -0.1) is 6.58 Å². The molecule has 1 nitrogen and oxygen atoms in total. The maximum atomic E-state index is 12.9. The molecule has 1 atom stereocenters. The maximum Gasteiger partial charge on any atom is 0.123 e. The van der Waals surface area contributed by atoms with Gasteiger partial charge < -0.3 is 5.11 Å². The fourth-order valence-electron chi connectivity index (χ4n) is 1.12. The molecule has 13 heavy (non-hydrogen) atoms. The first kappa shape index (κ1) is 9.93. The first-order valence-corrected chi connectivity index (χ1v) is 4.13. The molecule has 0 spiro atoms. The molecule has 0 aliphatic rings. The zero-order valence-corrected chi connectivity index (χ0v) is 7.63. The van der Waals surface area contributed by atoms with Crippen LogP contribution >= 0.6 is 0 Å². The van der Waals surface area contributed by atoms with E-state index in [2.05, 4.69) is 6.58 Å². The van der Waals surface area contributed by atoms with Gasteiger partial charge in [0.25, 0.3) is 0 Å². The highest BCUT2D eigenvalue weighted by atomic mass is 19.1. The molecule has 2 heteroatoms. The van der Waals surface area contributed by atoms with Crippen molar-refractivity contribution in [1.29, 1.82) is 0 Å². The van der Waals surface area contributed by atoms with Crippen LogP contribution in [0.5, 0.6) is 0 Å². The Bertz CT molecular complexity index is 309. The van der Waals surface area contributed by atoms with Crippen molar-refractivity contribution in [2.45, 2.75) is 12.3 Å². The second kappa shape index (κ2) is 3.71. The minimum Gasteiger partial charge on any atom is -0.395 e. The number of aliphatic hydroxyl groups is 1. The van der Waals surface area contributed by atoms with Gasteiger partial charge in [0.1, 0.15) is 5.82 Å². The number of aliphatic hydroxyl groups excluding tert-OH is 1. The van der Waals surface area contributed by atoms with Crippen LogP contribution in [0.2, 0.25) is 0 Å². The lowest BCUT2D eigenvalue weighted by Crippen LogP contribution is -2.23. The Kier molecular flexibility index (Phi) is 2.83. The molecule has 0 aromatic heterocycles. The molecule has 1 aromatic rings. The number of rotatable bonds is 3. The Hall–Kier alpha value is -1.15. The van der Waals surface area contributed by atoms with Gasteiger partial charge in [-0.05, 0) is 24.6 Å². The van der Waals surface area contributed by atoms with E-state index in [9.17, 15) is 4.39 Å². The Morgan fingerprint density at radius 2 is 2.31 bits per heavy atom. The summed E-state index contributed by atoms with van der Waals surface area (Å²) in [4.78, 5) is 0. The zero-order chi connectivity index (χ0) is 9.90. The summed E-state index contributed by atoms with van der Waals surface area (Å²) in [6.45, 7) is 5.37. The highest BCUT2D eigenvalue weighted by molar-refractivity contribution is 5.29. The van der Waals surface area contributed by atoms with Crippen LogP contribution in [-0.2, 0) is 5.41 Å². The Morgan fingerprint density at radius 3 is 2.77 bits per heavy atom. The van der Waals surface area contributed by atoms with Crippen LogP contribution in [0.25, 0.3) is 0 Å². The lowest BCUT2D eigenvalue weighted by Gasteiger charge is -2.23. The van der Waals surface area contributed by atoms with Gasteiger partial charge in [0.2, 0.25) is 0 Å². The van der Waals surface area contributed by atoms with Crippen LogP contribution in [-0.4, -0.2) is 11.7 Å². The minimum atomic E-state index is -0.553. The number of hydrogen-bond donors (Lipinski definition) is 1. The van der Waals surface area contributed by atoms with E-state index < -0.39 is 5.41 Å². The van der Waals surface area contributed by atoms with E-state index in [0.717, 1.165) is 5.56 Å². The Labute approximate surface area is 77.5 Å². The first-order valence-electron chi connectivity index (χ1n) is 4.13. The van der Waals surface area contributed by atoms with Crippen molar-refractivity contribution in [1.82, 2.24) is 0 Å². The van der Waals surface area contributed by atoms with Crippen LogP contribution in [0, 0.1) is 5.82 Å². The number of halogens is 1. The molecule has 0 unspecified atom stereocenters. The fraction of sp³-hybridized carbons (Fsp3) is 0.273. The van der Waals surface area contributed by atoms with Crippen molar-refractivity contribution < 1.29 is 9.50 Å². The van der Waals surface area contributed by atoms with E-state index in [0.29, 0.717) is 0 Å². The van der Waals surface area contributed by atoms with Crippen LogP contribution in [0.15, 0.2) is 36.9 Å².